The van der Waals surface area contributed by atoms with Gasteiger partial charge in [-0.15, -0.1) is 0 Å². The summed E-state index contributed by atoms with van der Waals surface area (Å²) in [5.74, 6) is 0.832. The first-order chi connectivity index (χ1) is 5.35. The zero-order valence-corrected chi connectivity index (χ0v) is 7.90. The highest BCUT2D eigenvalue weighted by Gasteiger charge is 2.03. The molecule has 2 heteroatoms. The van der Waals surface area contributed by atoms with Gasteiger partial charge in [-0.25, -0.2) is 0 Å². The SMILES string of the molecule is CCNCCC(CC)CCN. The van der Waals surface area contributed by atoms with Crippen molar-refractivity contribution in [2.45, 2.75) is 33.1 Å². The van der Waals surface area contributed by atoms with Crippen LogP contribution in [-0.4, -0.2) is 19.6 Å². The van der Waals surface area contributed by atoms with Crippen LogP contribution in [0.25, 0.3) is 0 Å². The van der Waals surface area contributed by atoms with Crippen LogP contribution in [0.3, 0.4) is 0 Å². The van der Waals surface area contributed by atoms with Crippen molar-refractivity contribution in [1.29, 1.82) is 0 Å². The largest absolute Gasteiger partial charge is 0.330 e. The van der Waals surface area contributed by atoms with Gasteiger partial charge in [0.25, 0.3) is 0 Å². The Bertz CT molecular complexity index is 74.0. The minimum atomic E-state index is 0.832. The number of nitrogens with one attached hydrogen (secondary N) is 1. The summed E-state index contributed by atoms with van der Waals surface area (Å²) < 4.78 is 0. The van der Waals surface area contributed by atoms with Crippen molar-refractivity contribution in [2.24, 2.45) is 11.7 Å². The summed E-state index contributed by atoms with van der Waals surface area (Å²) in [4.78, 5) is 0. The van der Waals surface area contributed by atoms with Crippen molar-refractivity contribution in [3.05, 3.63) is 0 Å². The van der Waals surface area contributed by atoms with Gasteiger partial charge in [0.1, 0.15) is 0 Å². The van der Waals surface area contributed by atoms with E-state index in [1.54, 1.807) is 0 Å². The predicted octanol–water partition coefficient (Wildman–Crippen LogP) is 1.36. The van der Waals surface area contributed by atoms with Gasteiger partial charge in [-0.1, -0.05) is 20.3 Å². The van der Waals surface area contributed by atoms with Crippen molar-refractivity contribution < 1.29 is 0 Å². The van der Waals surface area contributed by atoms with E-state index in [0.29, 0.717) is 0 Å². The summed E-state index contributed by atoms with van der Waals surface area (Å²) in [6.45, 7) is 7.45. The van der Waals surface area contributed by atoms with Gasteiger partial charge in [-0.2, -0.15) is 0 Å². The molecule has 11 heavy (non-hydrogen) atoms. The fraction of sp³-hybridized carbons (Fsp3) is 1.00. The lowest BCUT2D eigenvalue weighted by atomic mass is 9.99. The third-order valence-electron chi connectivity index (χ3n) is 2.13. The van der Waals surface area contributed by atoms with Crippen molar-refractivity contribution in [1.82, 2.24) is 5.32 Å². The molecule has 0 aromatic heterocycles. The Kier molecular flexibility index (Phi) is 7.96. The van der Waals surface area contributed by atoms with E-state index in [4.69, 9.17) is 5.73 Å². The smallest absolute Gasteiger partial charge is 0.00464 e. The van der Waals surface area contributed by atoms with Crippen LogP contribution in [0.1, 0.15) is 33.1 Å². The summed E-state index contributed by atoms with van der Waals surface area (Å²) in [6.07, 6.45) is 3.73. The summed E-state index contributed by atoms with van der Waals surface area (Å²) >= 11 is 0. The van der Waals surface area contributed by atoms with E-state index in [-0.39, 0.29) is 0 Å². The van der Waals surface area contributed by atoms with Gasteiger partial charge in [0.15, 0.2) is 0 Å². The van der Waals surface area contributed by atoms with Crippen LogP contribution in [0.4, 0.5) is 0 Å². The molecule has 0 amide bonds. The number of nitrogens with two attached hydrogens (primary N) is 1. The molecular weight excluding hydrogens is 136 g/mol. The van der Waals surface area contributed by atoms with Crippen LogP contribution in [-0.2, 0) is 0 Å². The van der Waals surface area contributed by atoms with Crippen LogP contribution in [0.2, 0.25) is 0 Å². The quantitative estimate of drug-likeness (QED) is 0.549. The molecule has 0 aromatic carbocycles. The molecule has 0 fully saturated rings. The monoisotopic (exact) mass is 158 g/mol. The van der Waals surface area contributed by atoms with Gasteiger partial charge in [0.2, 0.25) is 0 Å². The first kappa shape index (κ1) is 10.9. The molecule has 0 aliphatic rings. The van der Waals surface area contributed by atoms with Crippen molar-refractivity contribution in [2.75, 3.05) is 19.6 Å². The zero-order valence-electron chi connectivity index (χ0n) is 7.90. The first-order valence-electron chi connectivity index (χ1n) is 4.75. The summed E-state index contributed by atoms with van der Waals surface area (Å²) in [5, 5.41) is 3.33. The molecule has 0 radical (unpaired) electrons. The number of rotatable bonds is 7. The summed E-state index contributed by atoms with van der Waals surface area (Å²) in [5.41, 5.74) is 5.49. The second kappa shape index (κ2) is 8.02. The fourth-order valence-corrected chi connectivity index (χ4v) is 1.27. The highest BCUT2D eigenvalue weighted by molar-refractivity contribution is 4.59. The highest BCUT2D eigenvalue weighted by atomic mass is 14.8. The molecule has 0 aliphatic heterocycles. The second-order valence-electron chi connectivity index (χ2n) is 2.99. The topological polar surface area (TPSA) is 38.0 Å². The van der Waals surface area contributed by atoms with Gasteiger partial charge in [-0.3, -0.25) is 0 Å². The van der Waals surface area contributed by atoms with Crippen LogP contribution in [0, 0.1) is 5.92 Å². The summed E-state index contributed by atoms with van der Waals surface area (Å²) in [6, 6.07) is 0. The van der Waals surface area contributed by atoms with Gasteiger partial charge in [-0.05, 0) is 38.4 Å². The maximum Gasteiger partial charge on any atom is -0.00464 e. The molecule has 0 saturated heterocycles. The molecule has 0 heterocycles. The Balaban J connectivity index is 3.20. The predicted molar refractivity (Wildman–Crippen MR) is 50.6 cm³/mol. The molecule has 0 rings (SSSR count). The number of hydrogen-bond acceptors (Lipinski definition) is 2. The average Bonchev–Trinajstić information content (AvgIpc) is 2.03. The molecule has 1 unspecified atom stereocenters. The minimum Gasteiger partial charge on any atom is -0.330 e. The normalized spacial score (nSPS) is 13.4. The molecule has 0 aromatic rings. The molecule has 2 nitrogen and oxygen atoms in total. The molecule has 0 saturated carbocycles. The molecule has 0 spiro atoms. The third-order valence-corrected chi connectivity index (χ3v) is 2.13. The van der Waals surface area contributed by atoms with Crippen LogP contribution < -0.4 is 11.1 Å². The fourth-order valence-electron chi connectivity index (χ4n) is 1.27. The molecular formula is C9H22N2. The molecule has 0 aliphatic carbocycles. The maximum absolute atomic E-state index is 5.49. The first-order valence-corrected chi connectivity index (χ1v) is 4.75. The third kappa shape index (κ3) is 6.32. The lowest BCUT2D eigenvalue weighted by Crippen LogP contribution is -2.18. The lowest BCUT2D eigenvalue weighted by Gasteiger charge is -2.12. The van der Waals surface area contributed by atoms with E-state index >= 15 is 0 Å². The Morgan fingerprint density at radius 2 is 2.00 bits per heavy atom. The van der Waals surface area contributed by atoms with Crippen LogP contribution >= 0.6 is 0 Å². The van der Waals surface area contributed by atoms with E-state index < -0.39 is 0 Å². The van der Waals surface area contributed by atoms with Gasteiger partial charge in [0, 0.05) is 0 Å². The minimum absolute atomic E-state index is 0.832. The maximum atomic E-state index is 5.49. The molecule has 68 valence electrons. The standard InChI is InChI=1S/C9H22N2/c1-3-9(5-7-10)6-8-11-4-2/h9,11H,3-8,10H2,1-2H3. The van der Waals surface area contributed by atoms with Crippen molar-refractivity contribution >= 4 is 0 Å². The second-order valence-corrected chi connectivity index (χ2v) is 2.99. The van der Waals surface area contributed by atoms with E-state index in [2.05, 4.69) is 19.2 Å². The van der Waals surface area contributed by atoms with Crippen molar-refractivity contribution in [3.63, 3.8) is 0 Å². The Morgan fingerprint density at radius 3 is 2.45 bits per heavy atom. The van der Waals surface area contributed by atoms with E-state index in [0.717, 1.165) is 25.6 Å². The van der Waals surface area contributed by atoms with Crippen molar-refractivity contribution in [3.8, 4) is 0 Å². The zero-order chi connectivity index (χ0) is 8.53. The van der Waals surface area contributed by atoms with Crippen LogP contribution in [0.15, 0.2) is 0 Å². The Labute approximate surface area is 70.5 Å². The van der Waals surface area contributed by atoms with Crippen LogP contribution in [0.5, 0.6) is 0 Å². The van der Waals surface area contributed by atoms with Gasteiger partial charge < -0.3 is 11.1 Å². The van der Waals surface area contributed by atoms with Gasteiger partial charge in [0.05, 0.1) is 0 Å². The summed E-state index contributed by atoms with van der Waals surface area (Å²) in [7, 11) is 0. The highest BCUT2D eigenvalue weighted by Crippen LogP contribution is 2.10. The number of hydrogen-bond donors (Lipinski definition) is 2. The Morgan fingerprint density at radius 1 is 1.27 bits per heavy atom. The molecule has 1 atom stereocenters. The Hall–Kier alpha value is -0.0800. The van der Waals surface area contributed by atoms with E-state index in [1.165, 1.54) is 19.3 Å². The molecule has 3 N–H and O–H groups in total. The lowest BCUT2D eigenvalue weighted by molar-refractivity contribution is 0.431. The van der Waals surface area contributed by atoms with Gasteiger partial charge >= 0.3 is 0 Å². The van der Waals surface area contributed by atoms with E-state index in [1.807, 2.05) is 0 Å². The average molecular weight is 158 g/mol. The van der Waals surface area contributed by atoms with E-state index in [9.17, 15) is 0 Å². The molecule has 0 bridgehead atoms.